The van der Waals surface area contributed by atoms with E-state index in [-0.39, 0.29) is 17.9 Å². The van der Waals surface area contributed by atoms with E-state index in [4.69, 9.17) is 4.74 Å². The molecule has 0 bridgehead atoms. The van der Waals surface area contributed by atoms with E-state index < -0.39 is 5.95 Å². The van der Waals surface area contributed by atoms with E-state index in [2.05, 4.69) is 15.5 Å². The van der Waals surface area contributed by atoms with Gasteiger partial charge in [0.1, 0.15) is 11.9 Å². The SMILES string of the molecule is CC(Oc1cc(-c2cnn(C3CC3)c2)cc2nn(C)c(F)c12)C1CNC(=O)C1. The van der Waals surface area contributed by atoms with Crippen LogP contribution in [0, 0.1) is 11.9 Å². The average Bonchev–Trinajstić information content (AvgIpc) is 3.09. The van der Waals surface area contributed by atoms with Crippen molar-refractivity contribution in [1.29, 1.82) is 0 Å². The molecule has 1 N–H and O–H groups in total. The van der Waals surface area contributed by atoms with Crippen LogP contribution in [-0.2, 0) is 11.8 Å². The summed E-state index contributed by atoms with van der Waals surface area (Å²) in [6.45, 7) is 2.50. The van der Waals surface area contributed by atoms with Crippen LogP contribution in [0.2, 0.25) is 0 Å². The van der Waals surface area contributed by atoms with Crippen molar-refractivity contribution in [3.63, 3.8) is 0 Å². The van der Waals surface area contributed by atoms with Gasteiger partial charge in [0.15, 0.2) is 0 Å². The molecular formula is C20H22FN5O2. The van der Waals surface area contributed by atoms with Gasteiger partial charge in [0, 0.05) is 37.7 Å². The maximum Gasteiger partial charge on any atom is 0.222 e. The van der Waals surface area contributed by atoms with Gasteiger partial charge in [-0.15, -0.1) is 0 Å². The Morgan fingerprint density at radius 2 is 2.14 bits per heavy atom. The molecule has 146 valence electrons. The lowest BCUT2D eigenvalue weighted by Gasteiger charge is -2.20. The van der Waals surface area contributed by atoms with Gasteiger partial charge in [-0.3, -0.25) is 9.48 Å². The minimum atomic E-state index is -0.432. The second kappa shape index (κ2) is 6.32. The lowest BCUT2D eigenvalue weighted by Crippen LogP contribution is -2.25. The van der Waals surface area contributed by atoms with E-state index in [0.717, 1.165) is 24.0 Å². The molecule has 28 heavy (non-hydrogen) atoms. The molecule has 1 aliphatic heterocycles. The maximum absolute atomic E-state index is 14.7. The van der Waals surface area contributed by atoms with Gasteiger partial charge in [0.05, 0.1) is 23.1 Å². The van der Waals surface area contributed by atoms with Crippen LogP contribution in [0.25, 0.3) is 22.0 Å². The second-order valence-corrected chi connectivity index (χ2v) is 7.81. The highest BCUT2D eigenvalue weighted by Crippen LogP contribution is 2.38. The van der Waals surface area contributed by atoms with Gasteiger partial charge in [-0.1, -0.05) is 0 Å². The summed E-state index contributed by atoms with van der Waals surface area (Å²) in [6.07, 6.45) is 6.35. The molecule has 1 saturated heterocycles. The smallest absolute Gasteiger partial charge is 0.222 e. The van der Waals surface area contributed by atoms with Gasteiger partial charge >= 0.3 is 0 Å². The number of carbonyl (C=O) groups is 1. The van der Waals surface area contributed by atoms with E-state index in [1.807, 2.05) is 36.1 Å². The predicted octanol–water partition coefficient (Wildman–Crippen LogP) is 2.81. The van der Waals surface area contributed by atoms with Gasteiger partial charge in [0.2, 0.25) is 11.9 Å². The summed E-state index contributed by atoms with van der Waals surface area (Å²) in [5.74, 6) is 0.102. The number of benzene rings is 1. The molecule has 2 aliphatic rings. The number of amides is 1. The van der Waals surface area contributed by atoms with Crippen molar-refractivity contribution < 1.29 is 13.9 Å². The maximum atomic E-state index is 14.7. The first-order chi connectivity index (χ1) is 13.5. The Morgan fingerprint density at radius 1 is 1.32 bits per heavy atom. The van der Waals surface area contributed by atoms with Crippen LogP contribution in [0.5, 0.6) is 5.75 Å². The Morgan fingerprint density at radius 3 is 2.86 bits per heavy atom. The summed E-state index contributed by atoms with van der Waals surface area (Å²) in [7, 11) is 1.58. The summed E-state index contributed by atoms with van der Waals surface area (Å²) in [5, 5.41) is 11.9. The van der Waals surface area contributed by atoms with Crippen LogP contribution in [-0.4, -0.2) is 38.1 Å². The van der Waals surface area contributed by atoms with Gasteiger partial charge in [-0.25, -0.2) is 4.68 Å². The molecule has 7 nitrogen and oxygen atoms in total. The highest BCUT2D eigenvalue weighted by Gasteiger charge is 2.29. The van der Waals surface area contributed by atoms with Gasteiger partial charge in [0.25, 0.3) is 0 Å². The fourth-order valence-electron chi connectivity index (χ4n) is 3.80. The van der Waals surface area contributed by atoms with Crippen LogP contribution in [0.1, 0.15) is 32.2 Å². The van der Waals surface area contributed by atoms with E-state index in [1.165, 1.54) is 4.68 Å². The number of ether oxygens (including phenoxy) is 1. The lowest BCUT2D eigenvalue weighted by molar-refractivity contribution is -0.119. The molecule has 8 heteroatoms. The fraction of sp³-hybridized carbons (Fsp3) is 0.450. The third-order valence-corrected chi connectivity index (χ3v) is 5.67. The first-order valence-corrected chi connectivity index (χ1v) is 9.63. The summed E-state index contributed by atoms with van der Waals surface area (Å²) in [4.78, 5) is 11.5. The fourth-order valence-corrected chi connectivity index (χ4v) is 3.80. The minimum absolute atomic E-state index is 0.0272. The number of nitrogens with one attached hydrogen (secondary N) is 1. The highest BCUT2D eigenvalue weighted by atomic mass is 19.1. The van der Waals surface area contributed by atoms with Crippen molar-refractivity contribution in [3.05, 3.63) is 30.5 Å². The minimum Gasteiger partial charge on any atom is -0.489 e. The first kappa shape index (κ1) is 17.2. The molecule has 2 unspecified atom stereocenters. The van der Waals surface area contributed by atoms with Crippen molar-refractivity contribution in [2.45, 2.75) is 38.3 Å². The van der Waals surface area contributed by atoms with Crippen LogP contribution in [0.3, 0.4) is 0 Å². The molecule has 2 fully saturated rings. The number of aromatic nitrogens is 4. The van der Waals surface area contributed by atoms with E-state index in [1.54, 1.807) is 7.05 Å². The van der Waals surface area contributed by atoms with Crippen molar-refractivity contribution in [2.75, 3.05) is 6.54 Å². The largest absolute Gasteiger partial charge is 0.489 e. The summed E-state index contributed by atoms with van der Waals surface area (Å²) >= 11 is 0. The van der Waals surface area contributed by atoms with E-state index in [9.17, 15) is 9.18 Å². The van der Waals surface area contributed by atoms with Crippen molar-refractivity contribution in [3.8, 4) is 16.9 Å². The molecule has 3 heterocycles. The lowest BCUT2D eigenvalue weighted by atomic mass is 10.0. The Bertz CT molecular complexity index is 1070. The average molecular weight is 383 g/mol. The van der Waals surface area contributed by atoms with Crippen LogP contribution in [0.4, 0.5) is 4.39 Å². The molecule has 0 spiro atoms. The molecule has 5 rings (SSSR count). The Hall–Kier alpha value is -2.90. The number of carbonyl (C=O) groups excluding carboxylic acids is 1. The van der Waals surface area contributed by atoms with Crippen molar-refractivity contribution >= 4 is 16.8 Å². The zero-order valence-corrected chi connectivity index (χ0v) is 15.9. The number of fused-ring (bicyclic) bond motifs is 1. The standard InChI is InChI=1S/C20H22FN5O2/c1-11(13-7-18(27)22-8-13)28-17-6-12(5-16-19(17)20(21)25(2)24-16)14-9-23-26(10-14)15-3-4-15/h5-6,9-11,13,15H,3-4,7-8H2,1-2H3,(H,22,27). The molecule has 0 radical (unpaired) electrons. The summed E-state index contributed by atoms with van der Waals surface area (Å²) in [6, 6.07) is 4.21. The number of rotatable bonds is 5. The molecule has 2 aromatic heterocycles. The zero-order valence-electron chi connectivity index (χ0n) is 15.9. The quantitative estimate of drug-likeness (QED) is 0.735. The number of halogens is 1. The molecular weight excluding hydrogens is 361 g/mol. The van der Waals surface area contributed by atoms with E-state index >= 15 is 0 Å². The number of aryl methyl sites for hydroxylation is 1. The van der Waals surface area contributed by atoms with Gasteiger partial charge in [-0.05, 0) is 37.5 Å². The third-order valence-electron chi connectivity index (χ3n) is 5.67. The zero-order chi connectivity index (χ0) is 19.4. The third kappa shape index (κ3) is 2.93. The van der Waals surface area contributed by atoms with E-state index in [0.29, 0.717) is 35.7 Å². The van der Waals surface area contributed by atoms with Gasteiger partial charge in [-0.2, -0.15) is 14.6 Å². The van der Waals surface area contributed by atoms with Crippen LogP contribution < -0.4 is 10.1 Å². The molecule has 3 aromatic rings. The molecule has 1 saturated carbocycles. The van der Waals surface area contributed by atoms with Crippen molar-refractivity contribution in [1.82, 2.24) is 24.9 Å². The summed E-state index contributed by atoms with van der Waals surface area (Å²) in [5.41, 5.74) is 2.38. The monoisotopic (exact) mass is 383 g/mol. The van der Waals surface area contributed by atoms with Crippen molar-refractivity contribution in [2.24, 2.45) is 13.0 Å². The van der Waals surface area contributed by atoms with Crippen LogP contribution in [0.15, 0.2) is 24.5 Å². The summed E-state index contributed by atoms with van der Waals surface area (Å²) < 4.78 is 24.1. The highest BCUT2D eigenvalue weighted by molar-refractivity contribution is 5.90. The predicted molar refractivity (Wildman–Crippen MR) is 101 cm³/mol. The number of hydrogen-bond donors (Lipinski definition) is 1. The van der Waals surface area contributed by atoms with Gasteiger partial charge < -0.3 is 10.1 Å². The molecule has 1 amide bonds. The first-order valence-electron chi connectivity index (χ1n) is 9.63. The number of hydrogen-bond acceptors (Lipinski definition) is 4. The molecule has 2 atom stereocenters. The molecule has 1 aliphatic carbocycles. The normalized spacial score (nSPS) is 20.5. The molecule has 1 aromatic carbocycles. The Balaban J connectivity index is 1.54. The topological polar surface area (TPSA) is 74.0 Å². The Labute approximate surface area is 161 Å². The Kier molecular flexibility index (Phi) is 3.89. The van der Waals surface area contributed by atoms with Crippen LogP contribution >= 0.6 is 0 Å². The number of nitrogens with zero attached hydrogens (tertiary/aromatic N) is 4. The second-order valence-electron chi connectivity index (χ2n) is 7.81.